The second-order valence-electron chi connectivity index (χ2n) is 6.57. The van der Waals surface area contributed by atoms with Crippen LogP contribution in [0.15, 0.2) is 29.2 Å². The topological polar surface area (TPSA) is 66.5 Å². The fourth-order valence-electron chi connectivity index (χ4n) is 3.58. The zero-order valence-electron chi connectivity index (χ0n) is 13.6. The van der Waals surface area contributed by atoms with Crippen LogP contribution in [0.3, 0.4) is 0 Å². The standard InChI is InChI=1S/C17H23ClN2O3S/c18-13-8-10-15(11-9-13)24(22,23)20-12-4-7-16(20)17(21)19-14-5-2-1-3-6-14/h8-11,14,16H,1-7,12H2,(H,19,21)/t16-/m1/s1. The summed E-state index contributed by atoms with van der Waals surface area (Å²) in [5.74, 6) is -0.156. The zero-order valence-corrected chi connectivity index (χ0v) is 15.2. The van der Waals surface area contributed by atoms with Crippen LogP contribution in [0.5, 0.6) is 0 Å². The number of halogens is 1. The summed E-state index contributed by atoms with van der Waals surface area (Å²) < 4.78 is 27.1. The molecule has 1 atom stereocenters. The lowest BCUT2D eigenvalue weighted by molar-refractivity contribution is -0.125. The summed E-state index contributed by atoms with van der Waals surface area (Å²) in [5.41, 5.74) is 0. The molecule has 0 unspecified atom stereocenters. The van der Waals surface area contributed by atoms with Crippen LogP contribution in [-0.2, 0) is 14.8 Å². The minimum Gasteiger partial charge on any atom is -0.352 e. The number of amides is 1. The third kappa shape index (κ3) is 3.76. The van der Waals surface area contributed by atoms with Gasteiger partial charge in [-0.1, -0.05) is 30.9 Å². The number of nitrogens with zero attached hydrogens (tertiary/aromatic N) is 1. The highest BCUT2D eigenvalue weighted by Gasteiger charge is 2.39. The Kier molecular flexibility index (Phi) is 5.47. The van der Waals surface area contributed by atoms with Gasteiger partial charge in [0.25, 0.3) is 0 Å². The molecule has 1 amide bonds. The molecule has 1 aliphatic heterocycles. The van der Waals surface area contributed by atoms with Crippen molar-refractivity contribution in [2.75, 3.05) is 6.54 Å². The van der Waals surface area contributed by atoms with Gasteiger partial charge in [0.1, 0.15) is 6.04 Å². The van der Waals surface area contributed by atoms with Crippen molar-refractivity contribution in [2.24, 2.45) is 0 Å². The number of sulfonamides is 1. The smallest absolute Gasteiger partial charge is 0.243 e. The van der Waals surface area contributed by atoms with Gasteiger partial charge in [-0.05, 0) is 49.9 Å². The summed E-state index contributed by atoms with van der Waals surface area (Å²) in [5, 5.41) is 3.55. The van der Waals surface area contributed by atoms with Gasteiger partial charge in [-0.25, -0.2) is 8.42 Å². The Morgan fingerprint density at radius 1 is 1.04 bits per heavy atom. The van der Waals surface area contributed by atoms with Crippen LogP contribution in [-0.4, -0.2) is 37.3 Å². The number of carbonyl (C=O) groups excluding carboxylic acids is 1. The fourth-order valence-corrected chi connectivity index (χ4v) is 5.36. The minimum absolute atomic E-state index is 0.156. The van der Waals surface area contributed by atoms with Crippen molar-refractivity contribution in [2.45, 2.75) is 61.9 Å². The van der Waals surface area contributed by atoms with Gasteiger partial charge in [-0.2, -0.15) is 4.31 Å². The molecule has 2 fully saturated rings. The van der Waals surface area contributed by atoms with Gasteiger partial charge in [-0.15, -0.1) is 0 Å². The monoisotopic (exact) mass is 370 g/mol. The highest BCUT2D eigenvalue weighted by atomic mass is 35.5. The lowest BCUT2D eigenvalue weighted by Gasteiger charge is -2.27. The van der Waals surface area contributed by atoms with E-state index in [1.807, 2.05) is 0 Å². The normalized spacial score (nSPS) is 23.3. The number of rotatable bonds is 4. The average Bonchev–Trinajstić information content (AvgIpc) is 3.07. The van der Waals surface area contributed by atoms with E-state index in [9.17, 15) is 13.2 Å². The Balaban J connectivity index is 1.74. The van der Waals surface area contributed by atoms with Crippen LogP contribution >= 0.6 is 11.6 Å². The van der Waals surface area contributed by atoms with E-state index in [0.717, 1.165) is 25.7 Å². The van der Waals surface area contributed by atoms with Crippen molar-refractivity contribution in [1.29, 1.82) is 0 Å². The van der Waals surface area contributed by atoms with E-state index in [0.29, 0.717) is 24.4 Å². The fraction of sp³-hybridized carbons (Fsp3) is 0.588. The molecule has 5 nitrogen and oxygen atoms in total. The van der Waals surface area contributed by atoms with Crippen molar-refractivity contribution >= 4 is 27.5 Å². The third-order valence-electron chi connectivity index (χ3n) is 4.88. The van der Waals surface area contributed by atoms with Crippen LogP contribution in [0.4, 0.5) is 0 Å². The lowest BCUT2D eigenvalue weighted by Crippen LogP contribution is -2.49. The Bertz CT molecular complexity index is 684. The Morgan fingerprint density at radius 2 is 1.71 bits per heavy atom. The molecular formula is C17H23ClN2O3S. The van der Waals surface area contributed by atoms with Crippen LogP contribution in [0.1, 0.15) is 44.9 Å². The maximum absolute atomic E-state index is 12.9. The molecule has 132 valence electrons. The third-order valence-corrected chi connectivity index (χ3v) is 7.05. The van der Waals surface area contributed by atoms with Crippen LogP contribution in [0.2, 0.25) is 5.02 Å². The SMILES string of the molecule is O=C(NC1CCCCC1)[C@H]1CCCN1S(=O)(=O)c1ccc(Cl)cc1. The lowest BCUT2D eigenvalue weighted by atomic mass is 9.95. The van der Waals surface area contributed by atoms with Gasteiger partial charge in [0, 0.05) is 17.6 Å². The summed E-state index contributed by atoms with van der Waals surface area (Å²) >= 11 is 5.84. The molecule has 1 aromatic rings. The van der Waals surface area contributed by atoms with E-state index >= 15 is 0 Å². The van der Waals surface area contributed by atoms with E-state index in [-0.39, 0.29) is 16.8 Å². The van der Waals surface area contributed by atoms with Crippen LogP contribution in [0, 0.1) is 0 Å². The molecule has 1 heterocycles. The van der Waals surface area contributed by atoms with Crippen LogP contribution < -0.4 is 5.32 Å². The van der Waals surface area contributed by atoms with E-state index < -0.39 is 16.1 Å². The Hall–Kier alpha value is -1.11. The molecule has 1 N–H and O–H groups in total. The molecule has 7 heteroatoms. The first-order chi connectivity index (χ1) is 11.5. The molecule has 24 heavy (non-hydrogen) atoms. The average molecular weight is 371 g/mol. The number of hydrogen-bond donors (Lipinski definition) is 1. The molecule has 3 rings (SSSR count). The highest BCUT2D eigenvalue weighted by Crippen LogP contribution is 2.27. The maximum Gasteiger partial charge on any atom is 0.243 e. The predicted molar refractivity (Wildman–Crippen MR) is 93.4 cm³/mol. The zero-order chi connectivity index (χ0) is 17.2. The van der Waals surface area contributed by atoms with Gasteiger partial charge in [0.15, 0.2) is 0 Å². The second-order valence-corrected chi connectivity index (χ2v) is 8.90. The molecule has 0 spiro atoms. The van der Waals surface area contributed by atoms with Crippen molar-refractivity contribution in [1.82, 2.24) is 9.62 Å². The van der Waals surface area contributed by atoms with E-state index in [1.165, 1.54) is 22.9 Å². The first-order valence-corrected chi connectivity index (χ1v) is 10.4. The molecule has 1 saturated carbocycles. The summed E-state index contributed by atoms with van der Waals surface area (Å²) in [4.78, 5) is 12.8. The largest absolute Gasteiger partial charge is 0.352 e. The van der Waals surface area contributed by atoms with E-state index in [4.69, 9.17) is 11.6 Å². The number of benzene rings is 1. The van der Waals surface area contributed by atoms with Crippen molar-refractivity contribution in [3.63, 3.8) is 0 Å². The molecule has 1 aromatic carbocycles. The molecule has 1 saturated heterocycles. The van der Waals surface area contributed by atoms with Gasteiger partial charge >= 0.3 is 0 Å². The first-order valence-electron chi connectivity index (χ1n) is 8.56. The molecule has 0 bridgehead atoms. The van der Waals surface area contributed by atoms with Gasteiger partial charge in [0.2, 0.25) is 15.9 Å². The van der Waals surface area contributed by atoms with Crippen LogP contribution in [0.25, 0.3) is 0 Å². The van der Waals surface area contributed by atoms with E-state index in [2.05, 4.69) is 5.32 Å². The number of carbonyl (C=O) groups is 1. The van der Waals surface area contributed by atoms with E-state index in [1.54, 1.807) is 12.1 Å². The van der Waals surface area contributed by atoms with Crippen molar-refractivity contribution in [3.8, 4) is 0 Å². The van der Waals surface area contributed by atoms with Crippen molar-refractivity contribution < 1.29 is 13.2 Å². The summed E-state index contributed by atoms with van der Waals surface area (Å²) in [6, 6.07) is 5.68. The summed E-state index contributed by atoms with van der Waals surface area (Å²) in [6.45, 7) is 0.383. The Labute approximate surface area is 148 Å². The van der Waals surface area contributed by atoms with Gasteiger partial charge < -0.3 is 5.32 Å². The maximum atomic E-state index is 12.9. The first kappa shape index (κ1) is 17.7. The molecular weight excluding hydrogens is 348 g/mol. The molecule has 2 aliphatic rings. The molecule has 1 aliphatic carbocycles. The summed E-state index contributed by atoms with van der Waals surface area (Å²) in [6.07, 6.45) is 6.73. The Morgan fingerprint density at radius 3 is 2.38 bits per heavy atom. The molecule has 0 aromatic heterocycles. The minimum atomic E-state index is -3.68. The quantitative estimate of drug-likeness (QED) is 0.886. The number of hydrogen-bond acceptors (Lipinski definition) is 3. The highest BCUT2D eigenvalue weighted by molar-refractivity contribution is 7.89. The van der Waals surface area contributed by atoms with Gasteiger partial charge in [-0.3, -0.25) is 4.79 Å². The summed E-state index contributed by atoms with van der Waals surface area (Å²) in [7, 11) is -3.68. The van der Waals surface area contributed by atoms with Gasteiger partial charge in [0.05, 0.1) is 4.90 Å². The second kappa shape index (κ2) is 7.42. The van der Waals surface area contributed by atoms with Crippen molar-refractivity contribution in [3.05, 3.63) is 29.3 Å². The predicted octanol–water partition coefficient (Wildman–Crippen LogP) is 2.94. The number of nitrogens with one attached hydrogen (secondary N) is 1. The molecule has 0 radical (unpaired) electrons.